The predicted octanol–water partition coefficient (Wildman–Crippen LogP) is 3.28. The fourth-order valence-electron chi connectivity index (χ4n) is 5.12. The van der Waals surface area contributed by atoms with Crippen LogP contribution in [0, 0.1) is 0 Å². The minimum Gasteiger partial charge on any atom is -0.355 e. The Morgan fingerprint density at radius 3 is 2.26 bits per heavy atom. The SMILES string of the molecule is CC(=O)NCCN(c1ncnc2[nH]ccc12)C1CCCCC1.CC(=O)NCCNC1CCCCC1. The Balaban J connectivity index is 0.000000225. The highest BCUT2D eigenvalue weighted by molar-refractivity contribution is 5.87. The lowest BCUT2D eigenvalue weighted by Crippen LogP contribution is -2.42. The summed E-state index contributed by atoms with van der Waals surface area (Å²) in [5.41, 5.74) is 0.866. The first kappa shape index (κ1) is 26.9. The minimum atomic E-state index is 0.0121. The molecule has 0 aliphatic heterocycles. The van der Waals surface area contributed by atoms with Crippen molar-refractivity contribution >= 4 is 28.7 Å². The molecule has 0 atom stereocenters. The molecule has 2 heterocycles. The van der Waals surface area contributed by atoms with Crippen LogP contribution in [-0.2, 0) is 9.59 Å². The molecule has 2 amide bonds. The molecule has 35 heavy (non-hydrogen) atoms. The van der Waals surface area contributed by atoms with Crippen LogP contribution in [-0.4, -0.2) is 65.0 Å². The number of aromatic nitrogens is 3. The number of hydrogen-bond acceptors (Lipinski definition) is 6. The Labute approximate surface area is 209 Å². The van der Waals surface area contributed by atoms with Crippen molar-refractivity contribution in [2.75, 3.05) is 31.1 Å². The van der Waals surface area contributed by atoms with Crippen LogP contribution in [0.15, 0.2) is 18.6 Å². The number of nitrogens with zero attached hydrogens (tertiary/aromatic N) is 3. The predicted molar refractivity (Wildman–Crippen MR) is 140 cm³/mol. The highest BCUT2D eigenvalue weighted by Gasteiger charge is 2.24. The lowest BCUT2D eigenvalue weighted by atomic mass is 9.94. The van der Waals surface area contributed by atoms with E-state index in [1.54, 1.807) is 20.2 Å². The fraction of sp³-hybridized carbons (Fsp3) is 0.692. The number of carbonyl (C=O) groups is 2. The van der Waals surface area contributed by atoms with E-state index in [0.29, 0.717) is 18.6 Å². The van der Waals surface area contributed by atoms with Crippen LogP contribution in [0.1, 0.15) is 78.1 Å². The molecule has 2 fully saturated rings. The van der Waals surface area contributed by atoms with Crippen LogP contribution >= 0.6 is 0 Å². The summed E-state index contributed by atoms with van der Waals surface area (Å²) in [6, 6.07) is 3.22. The highest BCUT2D eigenvalue weighted by Crippen LogP contribution is 2.29. The van der Waals surface area contributed by atoms with E-state index in [2.05, 4.69) is 35.8 Å². The zero-order valence-corrected chi connectivity index (χ0v) is 21.4. The number of carbonyl (C=O) groups excluding carboxylic acids is 2. The topological polar surface area (TPSA) is 115 Å². The third kappa shape index (κ3) is 9.12. The fourth-order valence-corrected chi connectivity index (χ4v) is 5.12. The second-order valence-corrected chi connectivity index (χ2v) is 9.68. The molecule has 0 aromatic carbocycles. The van der Waals surface area contributed by atoms with E-state index >= 15 is 0 Å². The van der Waals surface area contributed by atoms with Gasteiger partial charge in [0.05, 0.1) is 5.39 Å². The van der Waals surface area contributed by atoms with Gasteiger partial charge >= 0.3 is 0 Å². The van der Waals surface area contributed by atoms with Crippen molar-refractivity contribution in [2.45, 2.75) is 90.1 Å². The summed E-state index contributed by atoms with van der Waals surface area (Å²) in [4.78, 5) is 36.0. The van der Waals surface area contributed by atoms with Gasteiger partial charge in [0.25, 0.3) is 0 Å². The molecular formula is C26H43N7O2. The largest absolute Gasteiger partial charge is 0.355 e. The van der Waals surface area contributed by atoms with Gasteiger partial charge in [-0.15, -0.1) is 0 Å². The number of hydrogen-bond donors (Lipinski definition) is 4. The van der Waals surface area contributed by atoms with Crippen molar-refractivity contribution in [2.24, 2.45) is 0 Å². The van der Waals surface area contributed by atoms with E-state index in [1.165, 1.54) is 64.2 Å². The quantitative estimate of drug-likeness (QED) is 0.405. The monoisotopic (exact) mass is 485 g/mol. The van der Waals surface area contributed by atoms with Gasteiger partial charge in [-0.3, -0.25) is 9.59 Å². The second-order valence-electron chi connectivity index (χ2n) is 9.68. The molecule has 0 unspecified atom stereocenters. The molecule has 2 saturated carbocycles. The van der Waals surface area contributed by atoms with E-state index in [0.717, 1.165) is 36.5 Å². The van der Waals surface area contributed by atoms with E-state index in [1.807, 2.05) is 12.3 Å². The maximum Gasteiger partial charge on any atom is 0.216 e. The average Bonchev–Trinajstić information content (AvgIpc) is 3.35. The van der Waals surface area contributed by atoms with Crippen LogP contribution in [0.4, 0.5) is 5.82 Å². The smallest absolute Gasteiger partial charge is 0.216 e. The number of anilines is 1. The van der Waals surface area contributed by atoms with Crippen molar-refractivity contribution in [1.29, 1.82) is 0 Å². The van der Waals surface area contributed by atoms with E-state index in [4.69, 9.17) is 0 Å². The van der Waals surface area contributed by atoms with Crippen LogP contribution < -0.4 is 20.9 Å². The number of fused-ring (bicyclic) bond motifs is 1. The van der Waals surface area contributed by atoms with Crippen LogP contribution in [0.25, 0.3) is 11.0 Å². The van der Waals surface area contributed by atoms with Crippen molar-refractivity contribution in [3.05, 3.63) is 18.6 Å². The van der Waals surface area contributed by atoms with Gasteiger partial charge in [0.1, 0.15) is 17.8 Å². The van der Waals surface area contributed by atoms with E-state index in [9.17, 15) is 9.59 Å². The highest BCUT2D eigenvalue weighted by atomic mass is 16.2. The first-order chi connectivity index (χ1) is 17.0. The van der Waals surface area contributed by atoms with Gasteiger partial charge in [-0.05, 0) is 31.7 Å². The first-order valence-corrected chi connectivity index (χ1v) is 13.3. The zero-order chi connectivity index (χ0) is 24.9. The lowest BCUT2D eigenvalue weighted by Gasteiger charge is -2.35. The van der Waals surface area contributed by atoms with Gasteiger partial charge in [-0.2, -0.15) is 0 Å². The summed E-state index contributed by atoms with van der Waals surface area (Å²) in [7, 11) is 0. The van der Waals surface area contributed by atoms with Gasteiger partial charge in [0.15, 0.2) is 0 Å². The summed E-state index contributed by atoms with van der Waals surface area (Å²) in [5.74, 6) is 1.05. The number of amides is 2. The Bertz CT molecular complexity index is 904. The minimum absolute atomic E-state index is 0.0121. The standard InChI is InChI=1S/C16H23N5O.C10H20N2O/c1-12(22)17-9-10-21(13-5-3-2-4-6-13)16-14-7-8-18-15(14)19-11-20-16;1-9(13)11-7-8-12-10-5-3-2-4-6-10/h7-8,11,13H,2-6,9-10H2,1H3,(H,17,22)(H,18,19,20);10,12H,2-8H2,1H3,(H,11,13). The molecular weight excluding hydrogens is 442 g/mol. The van der Waals surface area contributed by atoms with Crippen molar-refractivity contribution in [3.63, 3.8) is 0 Å². The average molecular weight is 486 g/mol. The lowest BCUT2D eigenvalue weighted by molar-refractivity contribution is -0.119. The summed E-state index contributed by atoms with van der Waals surface area (Å²) < 4.78 is 0. The molecule has 0 bridgehead atoms. The molecule has 194 valence electrons. The second kappa shape index (κ2) is 14.7. The van der Waals surface area contributed by atoms with Gasteiger partial charge in [-0.25, -0.2) is 9.97 Å². The Kier molecular flexibility index (Phi) is 11.3. The molecule has 0 radical (unpaired) electrons. The molecule has 2 aromatic rings. The van der Waals surface area contributed by atoms with E-state index < -0.39 is 0 Å². The summed E-state index contributed by atoms with van der Waals surface area (Å²) >= 11 is 0. The van der Waals surface area contributed by atoms with Crippen LogP contribution in [0.5, 0.6) is 0 Å². The molecule has 9 heteroatoms. The van der Waals surface area contributed by atoms with E-state index in [-0.39, 0.29) is 11.8 Å². The van der Waals surface area contributed by atoms with Gasteiger partial charge in [-0.1, -0.05) is 38.5 Å². The number of aromatic amines is 1. The number of nitrogens with one attached hydrogen (secondary N) is 4. The molecule has 2 aliphatic rings. The maximum absolute atomic E-state index is 11.1. The van der Waals surface area contributed by atoms with Gasteiger partial charge in [0, 0.05) is 58.3 Å². The molecule has 4 N–H and O–H groups in total. The Morgan fingerprint density at radius 1 is 0.914 bits per heavy atom. The third-order valence-electron chi connectivity index (χ3n) is 6.88. The van der Waals surface area contributed by atoms with Crippen molar-refractivity contribution < 1.29 is 9.59 Å². The van der Waals surface area contributed by atoms with Crippen molar-refractivity contribution in [1.82, 2.24) is 30.9 Å². The molecule has 4 rings (SSSR count). The van der Waals surface area contributed by atoms with Crippen LogP contribution in [0.3, 0.4) is 0 Å². The summed E-state index contributed by atoms with van der Waals surface area (Å²) in [6.45, 7) is 6.19. The number of H-pyrrole nitrogens is 1. The zero-order valence-electron chi connectivity index (χ0n) is 21.4. The first-order valence-electron chi connectivity index (χ1n) is 13.3. The molecule has 9 nitrogen and oxygen atoms in total. The Morgan fingerprint density at radius 2 is 1.57 bits per heavy atom. The molecule has 0 spiro atoms. The molecule has 0 saturated heterocycles. The maximum atomic E-state index is 11.1. The number of rotatable bonds is 9. The summed E-state index contributed by atoms with van der Waals surface area (Å²) in [5, 5.41) is 10.2. The molecule has 2 aromatic heterocycles. The van der Waals surface area contributed by atoms with Gasteiger partial charge < -0.3 is 25.8 Å². The Hall–Kier alpha value is -2.68. The van der Waals surface area contributed by atoms with Crippen LogP contribution in [0.2, 0.25) is 0 Å². The normalized spacial score (nSPS) is 16.9. The van der Waals surface area contributed by atoms with Gasteiger partial charge in [0.2, 0.25) is 11.8 Å². The third-order valence-corrected chi connectivity index (χ3v) is 6.88. The summed E-state index contributed by atoms with van der Waals surface area (Å²) in [6.07, 6.45) is 16.5. The molecule has 2 aliphatic carbocycles. The van der Waals surface area contributed by atoms with Crippen molar-refractivity contribution in [3.8, 4) is 0 Å².